The van der Waals surface area contributed by atoms with E-state index < -0.39 is 27.9 Å². The number of halogens is 1. The number of nitrogens with one attached hydrogen (secondary N) is 1. The van der Waals surface area contributed by atoms with Crippen molar-refractivity contribution in [3.63, 3.8) is 0 Å². The molecule has 0 heterocycles. The van der Waals surface area contributed by atoms with Gasteiger partial charge in [0.2, 0.25) is 10.0 Å². The summed E-state index contributed by atoms with van der Waals surface area (Å²) in [7, 11) is -1.27. The van der Waals surface area contributed by atoms with Gasteiger partial charge >= 0.3 is 11.9 Å². The van der Waals surface area contributed by atoms with Gasteiger partial charge in [-0.15, -0.1) is 0 Å². The monoisotopic (exact) mass is 530 g/mol. The Labute approximate surface area is 213 Å². The van der Waals surface area contributed by atoms with Gasteiger partial charge in [-0.05, 0) is 54.1 Å². The lowest BCUT2D eigenvalue weighted by molar-refractivity contribution is 0.0598. The van der Waals surface area contributed by atoms with Crippen molar-refractivity contribution in [1.29, 1.82) is 0 Å². The zero-order valence-electron chi connectivity index (χ0n) is 19.6. The highest BCUT2D eigenvalue weighted by molar-refractivity contribution is 7.92. The number of amides is 1. The van der Waals surface area contributed by atoms with Crippen LogP contribution >= 0.6 is 11.6 Å². The largest absolute Gasteiger partial charge is 0.465 e. The van der Waals surface area contributed by atoms with E-state index in [9.17, 15) is 22.8 Å². The number of carbonyl (C=O) groups is 3. The second-order valence-electron chi connectivity index (χ2n) is 7.64. The molecule has 0 spiro atoms. The van der Waals surface area contributed by atoms with Gasteiger partial charge in [0, 0.05) is 16.3 Å². The zero-order chi connectivity index (χ0) is 26.5. The molecule has 188 valence electrons. The number of carbonyl (C=O) groups excluding carboxylic acids is 3. The van der Waals surface area contributed by atoms with Crippen molar-refractivity contribution in [1.82, 2.24) is 0 Å². The highest BCUT2D eigenvalue weighted by Crippen LogP contribution is 2.25. The van der Waals surface area contributed by atoms with Crippen LogP contribution in [0.2, 0.25) is 5.02 Å². The van der Waals surface area contributed by atoms with Crippen LogP contribution in [0, 0.1) is 0 Å². The Kier molecular flexibility index (Phi) is 8.33. The van der Waals surface area contributed by atoms with E-state index in [-0.39, 0.29) is 28.9 Å². The SMILES string of the molecule is COC(=O)c1cc(NC(=O)c2ccc(N(Cc3ccccc3Cl)S(C)(=O)=O)cc2)cc(C(=O)OC)c1. The summed E-state index contributed by atoms with van der Waals surface area (Å²) >= 11 is 6.20. The van der Waals surface area contributed by atoms with Crippen molar-refractivity contribution in [2.75, 3.05) is 30.1 Å². The van der Waals surface area contributed by atoms with Gasteiger partial charge in [0.1, 0.15) is 0 Å². The van der Waals surface area contributed by atoms with Crippen molar-refractivity contribution in [3.8, 4) is 0 Å². The standard InChI is InChI=1S/C25H23ClN2O7S/c1-34-24(30)18-12-19(25(31)35-2)14-20(13-18)27-23(29)16-8-10-21(11-9-16)28(36(3,32)33)15-17-6-4-5-7-22(17)26/h4-14H,15H2,1-3H3,(H,27,29). The van der Waals surface area contributed by atoms with E-state index in [1.165, 1.54) is 61.0 Å². The fraction of sp³-hybridized carbons (Fsp3) is 0.160. The molecule has 3 aromatic rings. The smallest absolute Gasteiger partial charge is 0.337 e. The zero-order valence-corrected chi connectivity index (χ0v) is 21.2. The third kappa shape index (κ3) is 6.41. The molecule has 1 amide bonds. The summed E-state index contributed by atoms with van der Waals surface area (Å²) in [5, 5.41) is 3.05. The van der Waals surface area contributed by atoms with Gasteiger partial charge in [0.25, 0.3) is 5.91 Å². The Morgan fingerprint density at radius 3 is 1.92 bits per heavy atom. The minimum atomic E-state index is -3.66. The molecule has 3 rings (SSSR count). The molecule has 9 nitrogen and oxygen atoms in total. The Balaban J connectivity index is 1.86. The van der Waals surface area contributed by atoms with E-state index in [0.29, 0.717) is 16.3 Å². The molecule has 0 unspecified atom stereocenters. The van der Waals surface area contributed by atoms with Gasteiger partial charge < -0.3 is 14.8 Å². The minimum absolute atomic E-state index is 0.0146. The normalized spacial score (nSPS) is 10.9. The second kappa shape index (κ2) is 11.2. The summed E-state index contributed by atoms with van der Waals surface area (Å²) in [5.41, 5.74) is 1.45. The molecule has 0 bridgehead atoms. The van der Waals surface area contributed by atoms with E-state index in [2.05, 4.69) is 5.32 Å². The van der Waals surface area contributed by atoms with Gasteiger partial charge in [0.05, 0.1) is 43.8 Å². The van der Waals surface area contributed by atoms with Crippen LogP contribution in [-0.4, -0.2) is 46.7 Å². The highest BCUT2D eigenvalue weighted by atomic mass is 35.5. The van der Waals surface area contributed by atoms with E-state index in [4.69, 9.17) is 21.1 Å². The molecule has 0 saturated heterocycles. The van der Waals surface area contributed by atoms with Gasteiger partial charge in [-0.3, -0.25) is 9.10 Å². The number of nitrogens with zero attached hydrogens (tertiary/aromatic N) is 1. The lowest BCUT2D eigenvalue weighted by Crippen LogP contribution is -2.29. The van der Waals surface area contributed by atoms with Gasteiger partial charge in [0.15, 0.2) is 0 Å². The summed E-state index contributed by atoms with van der Waals surface area (Å²) in [4.78, 5) is 36.8. The van der Waals surface area contributed by atoms with E-state index in [1.54, 1.807) is 24.3 Å². The first-order valence-corrected chi connectivity index (χ1v) is 12.7. The van der Waals surface area contributed by atoms with Crippen LogP contribution in [0.1, 0.15) is 36.6 Å². The molecule has 0 aliphatic rings. The van der Waals surface area contributed by atoms with Crippen LogP contribution in [0.4, 0.5) is 11.4 Å². The summed E-state index contributed by atoms with van der Waals surface area (Å²) < 4.78 is 35.5. The highest BCUT2D eigenvalue weighted by Gasteiger charge is 2.20. The van der Waals surface area contributed by atoms with Crippen molar-refractivity contribution >= 4 is 50.8 Å². The molecule has 0 aromatic heterocycles. The molecule has 11 heteroatoms. The predicted molar refractivity (Wildman–Crippen MR) is 136 cm³/mol. The Bertz CT molecular complexity index is 1370. The second-order valence-corrected chi connectivity index (χ2v) is 9.96. The number of benzene rings is 3. The molecule has 0 fully saturated rings. The molecule has 0 radical (unpaired) electrons. The van der Waals surface area contributed by atoms with Crippen molar-refractivity contribution in [3.05, 3.63) is 94.0 Å². The lowest BCUT2D eigenvalue weighted by Gasteiger charge is -2.23. The number of hydrogen-bond acceptors (Lipinski definition) is 7. The van der Waals surface area contributed by atoms with Crippen molar-refractivity contribution in [2.24, 2.45) is 0 Å². The van der Waals surface area contributed by atoms with Crippen molar-refractivity contribution < 1.29 is 32.3 Å². The van der Waals surface area contributed by atoms with Crippen LogP contribution in [0.15, 0.2) is 66.7 Å². The number of rotatable bonds is 8. The first-order valence-electron chi connectivity index (χ1n) is 10.5. The predicted octanol–water partition coefficient (Wildman–Crippen LogP) is 4.13. The molecule has 0 atom stereocenters. The van der Waals surface area contributed by atoms with Crippen LogP contribution < -0.4 is 9.62 Å². The number of ether oxygens (including phenoxy) is 2. The summed E-state index contributed by atoms with van der Waals surface area (Å²) in [6, 6.07) is 16.8. The number of hydrogen-bond donors (Lipinski definition) is 1. The Hall–Kier alpha value is -3.89. The Morgan fingerprint density at radius 2 is 1.42 bits per heavy atom. The van der Waals surface area contributed by atoms with Crippen LogP contribution in [0.5, 0.6) is 0 Å². The average molecular weight is 531 g/mol. The van der Waals surface area contributed by atoms with Crippen LogP contribution in [0.25, 0.3) is 0 Å². The number of methoxy groups -OCH3 is 2. The Morgan fingerprint density at radius 1 is 0.861 bits per heavy atom. The maximum absolute atomic E-state index is 12.8. The number of esters is 2. The average Bonchev–Trinajstić information content (AvgIpc) is 2.86. The topological polar surface area (TPSA) is 119 Å². The quantitative estimate of drug-likeness (QED) is 0.435. The molecule has 1 N–H and O–H groups in total. The first kappa shape index (κ1) is 26.7. The lowest BCUT2D eigenvalue weighted by atomic mass is 10.1. The van der Waals surface area contributed by atoms with Gasteiger partial charge in [-0.2, -0.15) is 0 Å². The minimum Gasteiger partial charge on any atom is -0.465 e. The summed E-state index contributed by atoms with van der Waals surface area (Å²) in [6.07, 6.45) is 1.08. The maximum atomic E-state index is 12.8. The summed E-state index contributed by atoms with van der Waals surface area (Å²) in [6.45, 7) is 0.0146. The van der Waals surface area contributed by atoms with Gasteiger partial charge in [-0.1, -0.05) is 29.8 Å². The number of sulfonamides is 1. The molecule has 0 aliphatic carbocycles. The first-order chi connectivity index (χ1) is 17.0. The van der Waals surface area contributed by atoms with E-state index >= 15 is 0 Å². The number of anilines is 2. The molecule has 3 aromatic carbocycles. The third-order valence-corrected chi connectivity index (χ3v) is 6.63. The van der Waals surface area contributed by atoms with Crippen molar-refractivity contribution in [2.45, 2.75) is 6.54 Å². The third-order valence-electron chi connectivity index (χ3n) is 5.12. The maximum Gasteiger partial charge on any atom is 0.337 e. The van der Waals surface area contributed by atoms with Crippen LogP contribution in [0.3, 0.4) is 0 Å². The fourth-order valence-electron chi connectivity index (χ4n) is 3.33. The molecule has 0 saturated carbocycles. The molecular formula is C25H23ClN2O7S. The fourth-order valence-corrected chi connectivity index (χ4v) is 4.41. The van der Waals surface area contributed by atoms with E-state index in [0.717, 1.165) is 6.26 Å². The molecule has 36 heavy (non-hydrogen) atoms. The van der Waals surface area contributed by atoms with Crippen LogP contribution in [-0.2, 0) is 26.0 Å². The molecular weight excluding hydrogens is 508 g/mol. The molecule has 0 aliphatic heterocycles. The van der Waals surface area contributed by atoms with Gasteiger partial charge in [-0.25, -0.2) is 18.0 Å². The van der Waals surface area contributed by atoms with E-state index in [1.807, 2.05) is 0 Å². The summed E-state index contributed by atoms with van der Waals surface area (Å²) in [5.74, 6) is -1.93.